The van der Waals surface area contributed by atoms with Crippen LogP contribution in [0.4, 0.5) is 0 Å². The molecule has 0 aromatic heterocycles. The second-order valence-corrected chi connectivity index (χ2v) is 11.0. The van der Waals surface area contributed by atoms with E-state index in [1.165, 1.54) is 42.5 Å². The Kier molecular flexibility index (Phi) is 6.84. The first-order valence-electron chi connectivity index (χ1n) is 11.9. The molecular formula is C30H24O7S. The molecule has 0 amide bonds. The van der Waals surface area contributed by atoms with Crippen LogP contribution in [0, 0.1) is 0 Å². The largest absolute Gasteiger partial charge is 0.491 e. The molecule has 1 atom stereocenters. The highest BCUT2D eigenvalue weighted by Gasteiger charge is 2.40. The number of carbonyl (C=O) groups is 2. The van der Waals surface area contributed by atoms with Crippen LogP contribution in [0.25, 0.3) is 0 Å². The van der Waals surface area contributed by atoms with E-state index < -0.39 is 21.4 Å². The van der Waals surface area contributed by atoms with Gasteiger partial charge in [0.1, 0.15) is 29.5 Å². The van der Waals surface area contributed by atoms with Crippen molar-refractivity contribution in [3.05, 3.63) is 114 Å². The zero-order valence-electron chi connectivity index (χ0n) is 20.5. The molecular weight excluding hydrogens is 504 g/mol. The highest BCUT2D eigenvalue weighted by Crippen LogP contribution is 2.30. The minimum atomic E-state index is -3.77. The summed E-state index contributed by atoms with van der Waals surface area (Å²) in [5, 5.41) is 0. The van der Waals surface area contributed by atoms with Crippen molar-refractivity contribution in [3.63, 3.8) is 0 Å². The molecule has 4 aromatic rings. The summed E-state index contributed by atoms with van der Waals surface area (Å²) in [5.41, 5.74) is 0.134. The van der Waals surface area contributed by atoms with Crippen molar-refractivity contribution in [3.8, 4) is 17.2 Å². The lowest BCUT2D eigenvalue weighted by Gasteiger charge is -2.12. The fraction of sp³-hybridized carbons (Fsp3) is 0.133. The first-order chi connectivity index (χ1) is 18.2. The Morgan fingerprint density at radius 1 is 0.763 bits per heavy atom. The number of benzene rings is 4. The van der Waals surface area contributed by atoms with Crippen LogP contribution in [0.5, 0.6) is 17.2 Å². The van der Waals surface area contributed by atoms with Crippen LogP contribution in [0.2, 0.25) is 0 Å². The average molecular weight is 529 g/mol. The zero-order valence-corrected chi connectivity index (χ0v) is 21.3. The summed E-state index contributed by atoms with van der Waals surface area (Å²) in [6, 6.07) is 26.8. The van der Waals surface area contributed by atoms with Crippen molar-refractivity contribution in [2.24, 2.45) is 0 Å². The van der Waals surface area contributed by atoms with Crippen LogP contribution in [0.1, 0.15) is 27.6 Å². The van der Waals surface area contributed by atoms with E-state index in [4.69, 9.17) is 14.2 Å². The third-order valence-corrected chi connectivity index (χ3v) is 7.84. The second kappa shape index (κ2) is 10.2. The highest BCUT2D eigenvalue weighted by atomic mass is 32.2. The van der Waals surface area contributed by atoms with Gasteiger partial charge in [-0.25, -0.2) is 8.42 Å². The standard InChI is InChI=1S/C30H24O7S/c1-30(20-36-30)19-35-22-11-15-24(16-12-22)38(33,34)25-17-13-23(14-18-25)37-27-10-6-5-9-26(27)29(32)28(31)21-7-3-2-4-8-21/h2-18H,19-20H2,1H3. The number of ether oxygens (including phenoxy) is 3. The molecule has 0 radical (unpaired) electrons. The third kappa shape index (κ3) is 5.51. The molecule has 1 unspecified atom stereocenters. The van der Waals surface area contributed by atoms with Crippen LogP contribution in [0.15, 0.2) is 113 Å². The molecule has 1 heterocycles. The van der Waals surface area contributed by atoms with Gasteiger partial charge < -0.3 is 14.2 Å². The van der Waals surface area contributed by atoms with Crippen molar-refractivity contribution >= 4 is 21.4 Å². The Hall–Kier alpha value is -4.27. The summed E-state index contributed by atoms with van der Waals surface area (Å²) in [6.07, 6.45) is 0. The molecule has 0 spiro atoms. The molecule has 0 bridgehead atoms. The third-order valence-electron chi connectivity index (χ3n) is 6.05. The summed E-state index contributed by atoms with van der Waals surface area (Å²) in [4.78, 5) is 25.8. The molecule has 0 saturated carbocycles. The molecule has 1 aliphatic rings. The van der Waals surface area contributed by atoms with Crippen LogP contribution in [-0.2, 0) is 14.6 Å². The fourth-order valence-electron chi connectivity index (χ4n) is 3.69. The monoisotopic (exact) mass is 528 g/mol. The quantitative estimate of drug-likeness (QED) is 0.151. The molecule has 8 heteroatoms. The number of para-hydroxylation sites is 1. The van der Waals surface area contributed by atoms with Gasteiger partial charge in [0.2, 0.25) is 21.4 Å². The van der Waals surface area contributed by atoms with Crippen LogP contribution >= 0.6 is 0 Å². The molecule has 7 nitrogen and oxygen atoms in total. The Labute approximate surface area is 220 Å². The maximum Gasteiger partial charge on any atom is 0.237 e. The van der Waals surface area contributed by atoms with Crippen molar-refractivity contribution in [1.29, 1.82) is 0 Å². The Balaban J connectivity index is 1.30. The van der Waals surface area contributed by atoms with E-state index in [1.807, 2.05) is 6.92 Å². The van der Waals surface area contributed by atoms with Gasteiger partial charge in [0, 0.05) is 5.56 Å². The van der Waals surface area contributed by atoms with E-state index in [2.05, 4.69) is 0 Å². The van der Waals surface area contributed by atoms with Crippen molar-refractivity contribution < 1.29 is 32.2 Å². The smallest absolute Gasteiger partial charge is 0.237 e. The maximum absolute atomic E-state index is 13.1. The number of ketones is 2. The summed E-state index contributed by atoms with van der Waals surface area (Å²) in [7, 11) is -3.77. The van der Waals surface area contributed by atoms with Crippen molar-refractivity contribution in [2.45, 2.75) is 22.3 Å². The van der Waals surface area contributed by atoms with E-state index in [1.54, 1.807) is 60.7 Å². The van der Waals surface area contributed by atoms with E-state index in [0.29, 0.717) is 24.7 Å². The fourth-order valence-corrected chi connectivity index (χ4v) is 4.95. The molecule has 4 aromatic carbocycles. The molecule has 1 aliphatic heterocycles. The Bertz CT molecular complexity index is 1570. The molecule has 1 saturated heterocycles. The van der Waals surface area contributed by atoms with Gasteiger partial charge in [0.05, 0.1) is 22.0 Å². The molecule has 0 N–H and O–H groups in total. The van der Waals surface area contributed by atoms with Gasteiger partial charge in [-0.3, -0.25) is 9.59 Å². The van der Waals surface area contributed by atoms with Gasteiger partial charge >= 0.3 is 0 Å². The van der Waals surface area contributed by atoms with Crippen molar-refractivity contribution in [2.75, 3.05) is 13.2 Å². The second-order valence-electron chi connectivity index (χ2n) is 9.10. The minimum Gasteiger partial charge on any atom is -0.491 e. The number of carbonyl (C=O) groups excluding carboxylic acids is 2. The van der Waals surface area contributed by atoms with Crippen LogP contribution < -0.4 is 9.47 Å². The van der Waals surface area contributed by atoms with E-state index >= 15 is 0 Å². The topological polar surface area (TPSA) is 99.3 Å². The van der Waals surface area contributed by atoms with Gasteiger partial charge in [-0.2, -0.15) is 0 Å². The lowest BCUT2D eigenvalue weighted by Crippen LogP contribution is -2.16. The number of rotatable bonds is 10. The first-order valence-corrected chi connectivity index (χ1v) is 13.4. The van der Waals surface area contributed by atoms with E-state index in [9.17, 15) is 18.0 Å². The Morgan fingerprint density at radius 2 is 1.32 bits per heavy atom. The molecule has 0 aliphatic carbocycles. The number of hydrogen-bond acceptors (Lipinski definition) is 7. The van der Waals surface area contributed by atoms with E-state index in [0.717, 1.165) is 0 Å². The van der Waals surface area contributed by atoms with Crippen LogP contribution in [-0.4, -0.2) is 38.8 Å². The predicted molar refractivity (Wildman–Crippen MR) is 140 cm³/mol. The zero-order chi connectivity index (χ0) is 26.8. The number of sulfone groups is 1. The van der Waals surface area contributed by atoms with E-state index in [-0.39, 0.29) is 32.3 Å². The van der Waals surface area contributed by atoms with Crippen LogP contribution in [0.3, 0.4) is 0 Å². The predicted octanol–water partition coefficient (Wildman–Crippen LogP) is 5.55. The average Bonchev–Trinajstić information content (AvgIpc) is 3.69. The van der Waals surface area contributed by atoms with Gasteiger partial charge in [-0.1, -0.05) is 42.5 Å². The summed E-state index contributed by atoms with van der Waals surface area (Å²) in [6.45, 7) is 2.99. The minimum absolute atomic E-state index is 0.0843. The number of hydrogen-bond donors (Lipinski definition) is 0. The molecule has 38 heavy (non-hydrogen) atoms. The Morgan fingerprint density at radius 3 is 1.92 bits per heavy atom. The van der Waals surface area contributed by atoms with Gasteiger partial charge in [0.25, 0.3) is 0 Å². The van der Waals surface area contributed by atoms with Gasteiger partial charge in [0.15, 0.2) is 0 Å². The first kappa shape index (κ1) is 25.4. The number of Topliss-reactive ketones (excluding diaryl/α,β-unsaturated/α-hetero) is 2. The van der Waals surface area contributed by atoms with Gasteiger partial charge in [-0.15, -0.1) is 0 Å². The highest BCUT2D eigenvalue weighted by molar-refractivity contribution is 7.91. The summed E-state index contributed by atoms with van der Waals surface area (Å²) < 4.78 is 43.0. The summed E-state index contributed by atoms with van der Waals surface area (Å²) in [5.74, 6) is -0.274. The SMILES string of the molecule is CC1(COc2ccc(S(=O)(=O)c3ccc(Oc4ccccc4C(=O)C(=O)c4ccccc4)cc3)cc2)CO1. The normalized spacial score (nSPS) is 16.4. The van der Waals surface area contributed by atoms with Gasteiger partial charge in [-0.05, 0) is 67.6 Å². The molecule has 5 rings (SSSR count). The molecule has 192 valence electrons. The lowest BCUT2D eigenvalue weighted by molar-refractivity contribution is 0.0815. The summed E-state index contributed by atoms with van der Waals surface area (Å²) >= 11 is 0. The maximum atomic E-state index is 13.1. The molecule has 1 fully saturated rings. The lowest BCUT2D eigenvalue weighted by atomic mass is 10.0. The number of epoxide rings is 1. The van der Waals surface area contributed by atoms with Crippen molar-refractivity contribution in [1.82, 2.24) is 0 Å².